The topological polar surface area (TPSA) is 40.5 Å². The Labute approximate surface area is 150 Å². The second-order valence-electron chi connectivity index (χ2n) is 6.84. The molecule has 1 aliphatic heterocycles. The predicted molar refractivity (Wildman–Crippen MR) is 98.0 cm³/mol. The summed E-state index contributed by atoms with van der Waals surface area (Å²) in [6.45, 7) is 0. The number of carbonyl (C=O) groups is 1. The van der Waals surface area contributed by atoms with E-state index in [-0.39, 0.29) is 23.1 Å². The highest BCUT2D eigenvalue weighted by Crippen LogP contribution is 2.60. The number of aromatic hydroxyl groups is 1. The maximum atomic E-state index is 13.2. The third-order valence-electron chi connectivity index (χ3n) is 5.48. The molecule has 4 rings (SSSR count). The van der Waals surface area contributed by atoms with E-state index in [1.165, 1.54) is 6.42 Å². The number of halogens is 1. The quantitative estimate of drug-likeness (QED) is 0.722. The van der Waals surface area contributed by atoms with Crippen molar-refractivity contribution < 1.29 is 9.90 Å². The Hall–Kier alpha value is -1.81. The summed E-state index contributed by atoms with van der Waals surface area (Å²) in [6.07, 6.45) is 5.28. The van der Waals surface area contributed by atoms with E-state index in [2.05, 4.69) is 28.1 Å². The third kappa shape index (κ3) is 2.27. The highest BCUT2D eigenvalue weighted by atomic mass is 79.9. The second-order valence-corrected chi connectivity index (χ2v) is 7.75. The molecule has 1 unspecified atom stereocenters. The van der Waals surface area contributed by atoms with Crippen LogP contribution in [0.3, 0.4) is 0 Å². The van der Waals surface area contributed by atoms with Crippen LogP contribution in [0.4, 0.5) is 5.69 Å². The fourth-order valence-electron chi connectivity index (χ4n) is 4.39. The molecule has 1 spiro atoms. The second kappa shape index (κ2) is 5.92. The zero-order valence-corrected chi connectivity index (χ0v) is 15.0. The Kier molecular flexibility index (Phi) is 3.87. The lowest BCUT2D eigenvalue weighted by atomic mass is 9.60. The molecular weight excluding hydrogens is 366 g/mol. The summed E-state index contributed by atoms with van der Waals surface area (Å²) in [7, 11) is 0. The number of phenols is 1. The first-order chi connectivity index (χ1) is 11.6. The van der Waals surface area contributed by atoms with Gasteiger partial charge in [0.15, 0.2) is 0 Å². The van der Waals surface area contributed by atoms with Crippen LogP contribution in [0.15, 0.2) is 53.0 Å². The molecule has 0 aromatic heterocycles. The van der Waals surface area contributed by atoms with Crippen molar-refractivity contribution in [3.63, 3.8) is 0 Å². The number of carbonyl (C=O) groups excluding carboxylic acids is 1. The van der Waals surface area contributed by atoms with Gasteiger partial charge in [-0.25, -0.2) is 0 Å². The van der Waals surface area contributed by atoms with Gasteiger partial charge in [-0.3, -0.25) is 9.69 Å². The summed E-state index contributed by atoms with van der Waals surface area (Å²) < 4.78 is 1.02. The van der Waals surface area contributed by atoms with Crippen molar-refractivity contribution in [1.29, 1.82) is 0 Å². The van der Waals surface area contributed by atoms with E-state index in [9.17, 15) is 9.90 Å². The van der Waals surface area contributed by atoms with Crippen molar-refractivity contribution in [2.24, 2.45) is 5.41 Å². The number of amides is 1. The van der Waals surface area contributed by atoms with E-state index in [1.807, 2.05) is 24.3 Å². The number of hydrogen-bond acceptors (Lipinski definition) is 2. The van der Waals surface area contributed by atoms with Gasteiger partial charge >= 0.3 is 0 Å². The average Bonchev–Trinajstić information content (AvgIpc) is 2.60. The minimum atomic E-state index is -0.304. The summed E-state index contributed by atoms with van der Waals surface area (Å²) in [6, 6.07) is 15.3. The maximum Gasteiger partial charge on any atom is 0.236 e. The number of phenolic OH excluding ortho intramolecular Hbond substituents is 1. The van der Waals surface area contributed by atoms with Crippen LogP contribution in [0.5, 0.6) is 5.75 Å². The van der Waals surface area contributed by atoms with Crippen LogP contribution in [0.1, 0.15) is 43.7 Å². The molecule has 2 fully saturated rings. The molecule has 1 aliphatic carbocycles. The van der Waals surface area contributed by atoms with E-state index in [4.69, 9.17) is 0 Å². The lowest BCUT2D eigenvalue weighted by molar-refractivity contribution is -0.143. The number of anilines is 1. The molecule has 2 aromatic carbocycles. The fourth-order valence-corrected chi connectivity index (χ4v) is 4.80. The Morgan fingerprint density at radius 2 is 1.79 bits per heavy atom. The van der Waals surface area contributed by atoms with Gasteiger partial charge in [-0.2, -0.15) is 0 Å². The molecule has 124 valence electrons. The van der Waals surface area contributed by atoms with Crippen molar-refractivity contribution in [3.05, 3.63) is 58.6 Å². The average molecular weight is 386 g/mol. The molecular formula is C20H20BrNO2. The Balaban J connectivity index is 1.82. The summed E-state index contributed by atoms with van der Waals surface area (Å²) >= 11 is 3.55. The summed E-state index contributed by atoms with van der Waals surface area (Å²) in [5, 5.41) is 10.3. The van der Waals surface area contributed by atoms with Crippen molar-refractivity contribution in [1.82, 2.24) is 0 Å². The smallest absolute Gasteiger partial charge is 0.236 e. The number of para-hydroxylation sites is 2. The zero-order valence-electron chi connectivity index (χ0n) is 13.4. The molecule has 0 bridgehead atoms. The van der Waals surface area contributed by atoms with Gasteiger partial charge in [0.05, 0.1) is 17.1 Å². The first-order valence-corrected chi connectivity index (χ1v) is 9.30. The molecule has 2 aromatic rings. The summed E-state index contributed by atoms with van der Waals surface area (Å²) in [5.41, 5.74) is 1.44. The van der Waals surface area contributed by atoms with E-state index in [0.717, 1.165) is 35.7 Å². The van der Waals surface area contributed by atoms with Crippen LogP contribution in [0.2, 0.25) is 0 Å². The van der Waals surface area contributed by atoms with Crippen LogP contribution in [-0.4, -0.2) is 11.0 Å². The van der Waals surface area contributed by atoms with Gasteiger partial charge in [0.25, 0.3) is 0 Å². The first-order valence-electron chi connectivity index (χ1n) is 8.51. The van der Waals surface area contributed by atoms with E-state index < -0.39 is 0 Å². The summed E-state index contributed by atoms with van der Waals surface area (Å²) in [4.78, 5) is 15.0. The minimum absolute atomic E-state index is 0.00361. The van der Waals surface area contributed by atoms with E-state index in [1.54, 1.807) is 17.0 Å². The summed E-state index contributed by atoms with van der Waals surface area (Å²) in [5.74, 6) is 0.324. The third-order valence-corrected chi connectivity index (χ3v) is 5.97. The predicted octanol–water partition coefficient (Wildman–Crippen LogP) is 5.19. The maximum absolute atomic E-state index is 13.2. The van der Waals surface area contributed by atoms with Gasteiger partial charge in [-0.1, -0.05) is 59.5 Å². The zero-order chi connectivity index (χ0) is 16.7. The van der Waals surface area contributed by atoms with Crippen molar-refractivity contribution >= 4 is 27.5 Å². The first kappa shape index (κ1) is 15.7. The van der Waals surface area contributed by atoms with Crippen LogP contribution < -0.4 is 4.90 Å². The minimum Gasteiger partial charge on any atom is -0.506 e. The number of rotatable bonds is 2. The Morgan fingerprint density at radius 3 is 2.50 bits per heavy atom. The van der Waals surface area contributed by atoms with Gasteiger partial charge in [0.1, 0.15) is 5.75 Å². The van der Waals surface area contributed by atoms with Crippen LogP contribution in [0.25, 0.3) is 0 Å². The molecule has 1 saturated carbocycles. The molecule has 0 radical (unpaired) electrons. The van der Waals surface area contributed by atoms with E-state index >= 15 is 0 Å². The molecule has 1 N–H and O–H groups in total. The van der Waals surface area contributed by atoms with Crippen LogP contribution in [-0.2, 0) is 4.79 Å². The Morgan fingerprint density at radius 1 is 1.04 bits per heavy atom. The normalized spacial score (nSPS) is 22.5. The molecule has 2 aliphatic rings. The van der Waals surface area contributed by atoms with Crippen molar-refractivity contribution in [2.75, 3.05) is 4.90 Å². The van der Waals surface area contributed by atoms with Crippen molar-refractivity contribution in [3.8, 4) is 5.75 Å². The van der Waals surface area contributed by atoms with Crippen molar-refractivity contribution in [2.45, 2.75) is 38.1 Å². The number of hydrogen-bond donors (Lipinski definition) is 1. The molecule has 1 saturated heterocycles. The van der Waals surface area contributed by atoms with Gasteiger partial charge in [0, 0.05) is 4.47 Å². The SMILES string of the molecule is O=C1N(c2ccccc2O)C(c2cccc(Br)c2)C12CCCCC2. The van der Waals surface area contributed by atoms with Crippen LogP contribution >= 0.6 is 15.9 Å². The molecule has 4 heteroatoms. The lowest BCUT2D eigenvalue weighted by Gasteiger charge is -2.58. The highest BCUT2D eigenvalue weighted by molar-refractivity contribution is 9.10. The standard InChI is InChI=1S/C20H20BrNO2/c21-15-8-6-7-14(13-15)18-20(11-4-1-5-12-20)19(24)22(18)16-9-2-3-10-17(16)23/h2-3,6-10,13,18,23H,1,4-5,11-12H2. The fraction of sp³-hybridized carbons (Fsp3) is 0.350. The number of β-lactam (4-membered cyclic amide) rings is 1. The molecule has 24 heavy (non-hydrogen) atoms. The largest absolute Gasteiger partial charge is 0.506 e. The Bertz CT molecular complexity index is 783. The van der Waals surface area contributed by atoms with Gasteiger partial charge < -0.3 is 5.11 Å². The monoisotopic (exact) mass is 385 g/mol. The van der Waals surface area contributed by atoms with Gasteiger partial charge in [0.2, 0.25) is 5.91 Å². The van der Waals surface area contributed by atoms with Gasteiger partial charge in [-0.05, 0) is 42.7 Å². The number of benzene rings is 2. The molecule has 1 atom stereocenters. The molecule has 1 amide bonds. The molecule has 1 heterocycles. The van der Waals surface area contributed by atoms with Gasteiger partial charge in [-0.15, -0.1) is 0 Å². The number of nitrogens with zero attached hydrogens (tertiary/aromatic N) is 1. The highest BCUT2D eigenvalue weighted by Gasteiger charge is 2.61. The van der Waals surface area contributed by atoms with E-state index in [0.29, 0.717) is 5.69 Å². The van der Waals surface area contributed by atoms with Crippen LogP contribution in [0, 0.1) is 5.41 Å². The lowest BCUT2D eigenvalue weighted by Crippen LogP contribution is -2.64. The molecule has 3 nitrogen and oxygen atoms in total.